The molecule has 108 valence electrons. The molecule has 0 saturated heterocycles. The molecule has 1 rings (SSSR count). The zero-order valence-electron chi connectivity index (χ0n) is 12.7. The number of unbranched alkanes of at least 4 members (excludes halogenated alkanes) is 1. The van der Waals surface area contributed by atoms with E-state index in [1.165, 1.54) is 11.1 Å². The van der Waals surface area contributed by atoms with Gasteiger partial charge >= 0.3 is 5.97 Å². The highest BCUT2D eigenvalue weighted by Gasteiger charge is 2.03. The van der Waals surface area contributed by atoms with Crippen LogP contribution in [0.3, 0.4) is 0 Å². The van der Waals surface area contributed by atoms with Crippen molar-refractivity contribution >= 4 is 5.97 Å². The van der Waals surface area contributed by atoms with Gasteiger partial charge in [-0.15, -0.1) is 0 Å². The number of benzene rings is 1. The Balaban J connectivity index is 2.16. The molecule has 0 heterocycles. The zero-order chi connectivity index (χ0) is 14.8. The van der Waals surface area contributed by atoms with Crippen LogP contribution in [0.1, 0.15) is 39.2 Å². The first-order valence-corrected chi connectivity index (χ1v) is 7.09. The van der Waals surface area contributed by atoms with Gasteiger partial charge < -0.3 is 4.74 Å². The minimum absolute atomic E-state index is 0.152. The lowest BCUT2D eigenvalue weighted by atomic mass is 10.1. The molecule has 0 N–H and O–H groups in total. The van der Waals surface area contributed by atoms with Crippen LogP contribution in [0.5, 0.6) is 0 Å². The van der Waals surface area contributed by atoms with E-state index in [-0.39, 0.29) is 5.97 Å². The van der Waals surface area contributed by atoms with Crippen molar-refractivity contribution in [3.8, 4) is 0 Å². The molecule has 0 aromatic heterocycles. The smallest absolute Gasteiger partial charge is 0.310 e. The molecule has 0 bridgehead atoms. The minimum Gasteiger partial charge on any atom is -0.465 e. The maximum atomic E-state index is 11.6. The van der Waals surface area contributed by atoms with E-state index >= 15 is 0 Å². The average Bonchev–Trinajstić information content (AvgIpc) is 2.43. The van der Waals surface area contributed by atoms with Crippen molar-refractivity contribution in [1.29, 1.82) is 0 Å². The molecule has 0 aliphatic heterocycles. The highest BCUT2D eigenvalue weighted by Crippen LogP contribution is 2.05. The number of esters is 1. The topological polar surface area (TPSA) is 26.3 Å². The third kappa shape index (κ3) is 6.93. The molecular formula is C18H24O2. The molecule has 0 unspecified atom stereocenters. The number of allylic oxidation sites excluding steroid dienone is 4. The van der Waals surface area contributed by atoms with Gasteiger partial charge in [-0.25, -0.2) is 0 Å². The normalized spacial score (nSPS) is 10.6. The molecule has 0 radical (unpaired) electrons. The Bertz CT molecular complexity index is 465. The van der Waals surface area contributed by atoms with Crippen molar-refractivity contribution < 1.29 is 9.53 Å². The van der Waals surface area contributed by atoms with Gasteiger partial charge in [-0.3, -0.25) is 4.79 Å². The first-order valence-electron chi connectivity index (χ1n) is 7.09. The Morgan fingerprint density at radius 2 is 1.85 bits per heavy atom. The van der Waals surface area contributed by atoms with E-state index < -0.39 is 0 Å². The fourth-order valence-electron chi connectivity index (χ4n) is 1.63. The van der Waals surface area contributed by atoms with Crippen molar-refractivity contribution in [3.63, 3.8) is 0 Å². The molecule has 0 spiro atoms. The molecule has 0 aliphatic rings. The number of carbonyl (C=O) groups excluding carboxylic acids is 1. The summed E-state index contributed by atoms with van der Waals surface area (Å²) in [6, 6.07) is 9.67. The van der Waals surface area contributed by atoms with E-state index in [4.69, 9.17) is 4.74 Å². The molecule has 0 aliphatic carbocycles. The average molecular weight is 272 g/mol. The molecule has 2 heteroatoms. The maximum Gasteiger partial charge on any atom is 0.310 e. The monoisotopic (exact) mass is 272 g/mol. The van der Waals surface area contributed by atoms with Gasteiger partial charge in [0.2, 0.25) is 0 Å². The van der Waals surface area contributed by atoms with Crippen LogP contribution in [-0.4, -0.2) is 12.6 Å². The molecule has 0 amide bonds. The first-order chi connectivity index (χ1) is 9.59. The van der Waals surface area contributed by atoms with E-state index in [0.29, 0.717) is 13.0 Å². The van der Waals surface area contributed by atoms with Crippen molar-refractivity contribution in [2.24, 2.45) is 0 Å². The third-order valence-electron chi connectivity index (χ3n) is 3.13. The Hall–Kier alpha value is -1.83. The summed E-state index contributed by atoms with van der Waals surface area (Å²) in [7, 11) is 0. The van der Waals surface area contributed by atoms with Crippen molar-refractivity contribution in [3.05, 3.63) is 59.2 Å². The van der Waals surface area contributed by atoms with Crippen LogP contribution in [0.15, 0.2) is 53.6 Å². The lowest BCUT2D eigenvalue weighted by Gasteiger charge is -2.03. The lowest BCUT2D eigenvalue weighted by Crippen LogP contribution is -2.08. The Morgan fingerprint density at radius 1 is 1.15 bits per heavy atom. The van der Waals surface area contributed by atoms with Gasteiger partial charge in [0.15, 0.2) is 0 Å². The summed E-state index contributed by atoms with van der Waals surface area (Å²) in [6.07, 6.45) is 6.42. The highest BCUT2D eigenvalue weighted by molar-refractivity contribution is 5.72. The number of ether oxygens (including phenoxy) is 1. The maximum absolute atomic E-state index is 11.6. The molecule has 2 nitrogen and oxygen atoms in total. The quantitative estimate of drug-likeness (QED) is 0.416. The predicted octanol–water partition coefficient (Wildman–Crippen LogP) is 4.47. The van der Waals surface area contributed by atoms with Gasteiger partial charge in [-0.05, 0) is 39.2 Å². The summed E-state index contributed by atoms with van der Waals surface area (Å²) >= 11 is 0. The molecule has 0 fully saturated rings. The summed E-state index contributed by atoms with van der Waals surface area (Å²) in [5.74, 6) is -0.152. The standard InChI is InChI=1S/C18H24O2/c1-15(2)16(3)10-6-5-9-13-20-18(19)14-17-11-7-4-8-12-17/h4,6-8,10-12H,5,9,13-14H2,1-3H3/b10-6+. The Morgan fingerprint density at radius 3 is 2.50 bits per heavy atom. The predicted molar refractivity (Wildman–Crippen MR) is 83.5 cm³/mol. The molecular weight excluding hydrogens is 248 g/mol. The van der Waals surface area contributed by atoms with Crippen LogP contribution in [0, 0.1) is 0 Å². The van der Waals surface area contributed by atoms with Gasteiger partial charge in [0, 0.05) is 0 Å². The van der Waals surface area contributed by atoms with Crippen molar-refractivity contribution in [2.45, 2.75) is 40.0 Å². The van der Waals surface area contributed by atoms with E-state index in [9.17, 15) is 4.79 Å². The molecule has 1 aromatic carbocycles. The van der Waals surface area contributed by atoms with Crippen LogP contribution in [0.25, 0.3) is 0 Å². The van der Waals surface area contributed by atoms with Crippen LogP contribution in [-0.2, 0) is 16.0 Å². The fourth-order valence-corrected chi connectivity index (χ4v) is 1.63. The molecule has 20 heavy (non-hydrogen) atoms. The van der Waals surface area contributed by atoms with Gasteiger partial charge in [0.1, 0.15) is 0 Å². The SMILES string of the molecule is CC(C)=C(C)/C=C/CCCOC(=O)Cc1ccccc1. The number of carbonyl (C=O) groups is 1. The second-order valence-corrected chi connectivity index (χ2v) is 5.11. The summed E-state index contributed by atoms with van der Waals surface area (Å²) in [4.78, 5) is 11.6. The van der Waals surface area contributed by atoms with Gasteiger partial charge in [0.05, 0.1) is 13.0 Å². The fraction of sp³-hybridized carbons (Fsp3) is 0.389. The first kappa shape index (κ1) is 16.2. The summed E-state index contributed by atoms with van der Waals surface area (Å²) < 4.78 is 5.22. The van der Waals surface area contributed by atoms with Crippen LogP contribution >= 0.6 is 0 Å². The van der Waals surface area contributed by atoms with Crippen LogP contribution < -0.4 is 0 Å². The highest BCUT2D eigenvalue weighted by atomic mass is 16.5. The lowest BCUT2D eigenvalue weighted by molar-refractivity contribution is -0.142. The van der Waals surface area contributed by atoms with E-state index in [0.717, 1.165) is 18.4 Å². The summed E-state index contributed by atoms with van der Waals surface area (Å²) in [6.45, 7) is 6.80. The second-order valence-electron chi connectivity index (χ2n) is 5.11. The van der Waals surface area contributed by atoms with Crippen molar-refractivity contribution in [2.75, 3.05) is 6.61 Å². The van der Waals surface area contributed by atoms with Gasteiger partial charge in [-0.2, -0.15) is 0 Å². The summed E-state index contributed by atoms with van der Waals surface area (Å²) in [5.41, 5.74) is 3.62. The number of rotatable bonds is 7. The second kappa shape index (κ2) is 9.13. The van der Waals surface area contributed by atoms with E-state index in [1.54, 1.807) is 0 Å². The van der Waals surface area contributed by atoms with Gasteiger partial charge in [0.25, 0.3) is 0 Å². The molecule has 0 saturated carbocycles. The summed E-state index contributed by atoms with van der Waals surface area (Å²) in [5, 5.41) is 0. The number of hydrogen-bond acceptors (Lipinski definition) is 2. The molecule has 1 aromatic rings. The number of hydrogen-bond donors (Lipinski definition) is 0. The van der Waals surface area contributed by atoms with Crippen LogP contribution in [0.4, 0.5) is 0 Å². The molecule has 0 atom stereocenters. The van der Waals surface area contributed by atoms with E-state index in [2.05, 4.69) is 32.9 Å². The minimum atomic E-state index is -0.152. The van der Waals surface area contributed by atoms with Gasteiger partial charge in [-0.1, -0.05) is 53.6 Å². The van der Waals surface area contributed by atoms with Crippen LogP contribution in [0.2, 0.25) is 0 Å². The van der Waals surface area contributed by atoms with Crippen molar-refractivity contribution in [1.82, 2.24) is 0 Å². The largest absolute Gasteiger partial charge is 0.465 e. The Labute approximate surface area is 122 Å². The zero-order valence-corrected chi connectivity index (χ0v) is 12.7. The van der Waals surface area contributed by atoms with E-state index in [1.807, 2.05) is 30.3 Å². The Kier molecular flexibility index (Phi) is 7.41. The third-order valence-corrected chi connectivity index (χ3v) is 3.13.